The standard InChI is InChI=1S/C16H19NO2/c1-11-6-5-7-12(2)16(11)17-13-8-9-14(18-3)15(10-13)19-4/h5-10,17H,1-4H3. The predicted molar refractivity (Wildman–Crippen MR) is 78.7 cm³/mol. The molecule has 0 fully saturated rings. The molecule has 0 aliphatic heterocycles. The summed E-state index contributed by atoms with van der Waals surface area (Å²) in [7, 11) is 3.27. The molecule has 0 aliphatic rings. The van der Waals surface area contributed by atoms with Crippen LogP contribution in [0.2, 0.25) is 0 Å². The number of hydrogen-bond donors (Lipinski definition) is 1. The first-order chi connectivity index (χ1) is 9.15. The number of anilines is 2. The molecule has 0 spiro atoms. The second-order valence-electron chi connectivity index (χ2n) is 4.46. The molecule has 19 heavy (non-hydrogen) atoms. The SMILES string of the molecule is COc1ccc(Nc2c(C)cccc2C)cc1OC. The number of benzene rings is 2. The first-order valence-corrected chi connectivity index (χ1v) is 6.21. The van der Waals surface area contributed by atoms with Crippen LogP contribution in [0.3, 0.4) is 0 Å². The molecule has 3 nitrogen and oxygen atoms in total. The van der Waals surface area contributed by atoms with E-state index in [4.69, 9.17) is 9.47 Å². The van der Waals surface area contributed by atoms with Crippen molar-refractivity contribution in [2.45, 2.75) is 13.8 Å². The van der Waals surface area contributed by atoms with Crippen molar-refractivity contribution in [2.75, 3.05) is 19.5 Å². The zero-order valence-corrected chi connectivity index (χ0v) is 11.8. The molecule has 3 heteroatoms. The number of aryl methyl sites for hydroxylation is 2. The van der Waals surface area contributed by atoms with Crippen LogP contribution >= 0.6 is 0 Å². The summed E-state index contributed by atoms with van der Waals surface area (Å²) in [6.45, 7) is 4.19. The van der Waals surface area contributed by atoms with Crippen molar-refractivity contribution in [3.8, 4) is 11.5 Å². The highest BCUT2D eigenvalue weighted by atomic mass is 16.5. The van der Waals surface area contributed by atoms with Crippen LogP contribution in [0.15, 0.2) is 36.4 Å². The van der Waals surface area contributed by atoms with Crippen LogP contribution in [0, 0.1) is 13.8 Å². The summed E-state index contributed by atoms with van der Waals surface area (Å²) in [6, 6.07) is 12.1. The van der Waals surface area contributed by atoms with E-state index in [2.05, 4.69) is 37.4 Å². The van der Waals surface area contributed by atoms with E-state index in [1.807, 2.05) is 18.2 Å². The van der Waals surface area contributed by atoms with E-state index in [9.17, 15) is 0 Å². The molecule has 2 rings (SSSR count). The highest BCUT2D eigenvalue weighted by Gasteiger charge is 2.07. The first kappa shape index (κ1) is 13.3. The van der Waals surface area contributed by atoms with E-state index in [1.54, 1.807) is 14.2 Å². The largest absolute Gasteiger partial charge is 0.493 e. The van der Waals surface area contributed by atoms with Crippen LogP contribution in [0.25, 0.3) is 0 Å². The lowest BCUT2D eigenvalue weighted by molar-refractivity contribution is 0.355. The molecule has 0 unspecified atom stereocenters. The van der Waals surface area contributed by atoms with Gasteiger partial charge in [-0.2, -0.15) is 0 Å². The maximum atomic E-state index is 5.31. The summed E-state index contributed by atoms with van der Waals surface area (Å²) >= 11 is 0. The summed E-state index contributed by atoms with van der Waals surface area (Å²) in [5, 5.41) is 3.43. The minimum absolute atomic E-state index is 0.721. The van der Waals surface area contributed by atoms with Crippen LogP contribution in [0.5, 0.6) is 11.5 Å². The summed E-state index contributed by atoms with van der Waals surface area (Å²) in [5.74, 6) is 1.45. The quantitative estimate of drug-likeness (QED) is 0.895. The van der Waals surface area contributed by atoms with Gasteiger partial charge in [0.1, 0.15) is 0 Å². The molecule has 0 atom stereocenters. The Balaban J connectivity index is 2.33. The minimum Gasteiger partial charge on any atom is -0.493 e. The average molecular weight is 257 g/mol. The number of methoxy groups -OCH3 is 2. The lowest BCUT2D eigenvalue weighted by Crippen LogP contribution is -1.97. The number of hydrogen-bond acceptors (Lipinski definition) is 3. The van der Waals surface area contributed by atoms with Crippen LogP contribution < -0.4 is 14.8 Å². The monoisotopic (exact) mass is 257 g/mol. The number of rotatable bonds is 4. The van der Waals surface area contributed by atoms with Gasteiger partial charge in [-0.1, -0.05) is 18.2 Å². The molecular weight excluding hydrogens is 238 g/mol. The fourth-order valence-corrected chi connectivity index (χ4v) is 2.07. The van der Waals surface area contributed by atoms with Crippen molar-refractivity contribution >= 4 is 11.4 Å². The van der Waals surface area contributed by atoms with Gasteiger partial charge in [-0.15, -0.1) is 0 Å². The molecule has 100 valence electrons. The molecule has 0 radical (unpaired) electrons. The fraction of sp³-hybridized carbons (Fsp3) is 0.250. The Morgan fingerprint density at radius 2 is 1.47 bits per heavy atom. The summed E-state index contributed by atoms with van der Waals surface area (Å²) in [5.41, 5.74) is 4.55. The van der Waals surface area contributed by atoms with Gasteiger partial charge in [-0.3, -0.25) is 0 Å². The van der Waals surface area contributed by atoms with Gasteiger partial charge in [0.05, 0.1) is 14.2 Å². The van der Waals surface area contributed by atoms with Crippen LogP contribution in [-0.2, 0) is 0 Å². The molecule has 2 aromatic rings. The lowest BCUT2D eigenvalue weighted by Gasteiger charge is -2.14. The van der Waals surface area contributed by atoms with Crippen LogP contribution in [0.1, 0.15) is 11.1 Å². The first-order valence-electron chi connectivity index (χ1n) is 6.21. The Hall–Kier alpha value is -2.16. The van der Waals surface area contributed by atoms with Gasteiger partial charge in [0.25, 0.3) is 0 Å². The van der Waals surface area contributed by atoms with Crippen LogP contribution in [-0.4, -0.2) is 14.2 Å². The Labute approximate surface area is 114 Å². The van der Waals surface area contributed by atoms with Crippen molar-refractivity contribution in [2.24, 2.45) is 0 Å². The van der Waals surface area contributed by atoms with Gasteiger partial charge in [0.15, 0.2) is 11.5 Å². The smallest absolute Gasteiger partial charge is 0.162 e. The van der Waals surface area contributed by atoms with Crippen molar-refractivity contribution in [3.63, 3.8) is 0 Å². The van der Waals surface area contributed by atoms with Crippen molar-refractivity contribution in [1.82, 2.24) is 0 Å². The normalized spacial score (nSPS) is 10.1. The lowest BCUT2D eigenvalue weighted by atomic mass is 10.1. The van der Waals surface area contributed by atoms with Gasteiger partial charge >= 0.3 is 0 Å². The maximum Gasteiger partial charge on any atom is 0.162 e. The highest BCUT2D eigenvalue weighted by Crippen LogP contribution is 2.32. The molecule has 0 saturated heterocycles. The van der Waals surface area contributed by atoms with Crippen molar-refractivity contribution < 1.29 is 9.47 Å². The molecule has 0 heterocycles. The Morgan fingerprint density at radius 1 is 0.842 bits per heavy atom. The van der Waals surface area contributed by atoms with E-state index < -0.39 is 0 Å². The minimum atomic E-state index is 0.721. The highest BCUT2D eigenvalue weighted by molar-refractivity contribution is 5.68. The zero-order valence-electron chi connectivity index (χ0n) is 11.8. The van der Waals surface area contributed by atoms with E-state index in [-0.39, 0.29) is 0 Å². The van der Waals surface area contributed by atoms with Crippen molar-refractivity contribution in [3.05, 3.63) is 47.5 Å². The average Bonchev–Trinajstić information content (AvgIpc) is 2.42. The maximum absolute atomic E-state index is 5.31. The topological polar surface area (TPSA) is 30.5 Å². The molecule has 2 aromatic carbocycles. The third-order valence-electron chi connectivity index (χ3n) is 3.13. The molecule has 0 saturated carbocycles. The Kier molecular flexibility index (Phi) is 3.95. The number of nitrogens with one attached hydrogen (secondary N) is 1. The van der Waals surface area contributed by atoms with E-state index >= 15 is 0 Å². The van der Waals surface area contributed by atoms with Crippen molar-refractivity contribution in [1.29, 1.82) is 0 Å². The summed E-state index contributed by atoms with van der Waals surface area (Å²) < 4.78 is 10.5. The Bertz CT molecular complexity index is 559. The third kappa shape index (κ3) is 2.81. The van der Waals surface area contributed by atoms with Crippen LogP contribution in [0.4, 0.5) is 11.4 Å². The summed E-state index contributed by atoms with van der Waals surface area (Å²) in [6.07, 6.45) is 0. The molecule has 0 aliphatic carbocycles. The van der Waals surface area contributed by atoms with Gasteiger partial charge in [0.2, 0.25) is 0 Å². The molecule has 1 N–H and O–H groups in total. The molecule has 0 bridgehead atoms. The van der Waals surface area contributed by atoms with E-state index in [0.29, 0.717) is 0 Å². The van der Waals surface area contributed by atoms with Gasteiger partial charge < -0.3 is 14.8 Å². The zero-order chi connectivity index (χ0) is 13.8. The number of ether oxygens (including phenoxy) is 2. The van der Waals surface area contributed by atoms with E-state index in [1.165, 1.54) is 11.1 Å². The second-order valence-corrected chi connectivity index (χ2v) is 4.46. The van der Waals surface area contributed by atoms with Gasteiger partial charge in [0, 0.05) is 17.4 Å². The Morgan fingerprint density at radius 3 is 2.05 bits per heavy atom. The number of para-hydroxylation sites is 1. The second kappa shape index (κ2) is 5.65. The molecule has 0 aromatic heterocycles. The van der Waals surface area contributed by atoms with Gasteiger partial charge in [-0.05, 0) is 37.1 Å². The molecular formula is C16H19NO2. The fourth-order valence-electron chi connectivity index (χ4n) is 2.07. The third-order valence-corrected chi connectivity index (χ3v) is 3.13. The predicted octanol–water partition coefficient (Wildman–Crippen LogP) is 4.06. The van der Waals surface area contributed by atoms with E-state index in [0.717, 1.165) is 22.9 Å². The molecule has 0 amide bonds. The van der Waals surface area contributed by atoms with Gasteiger partial charge in [-0.25, -0.2) is 0 Å². The summed E-state index contributed by atoms with van der Waals surface area (Å²) in [4.78, 5) is 0.